The lowest BCUT2D eigenvalue weighted by Crippen LogP contribution is -2.47. The first kappa shape index (κ1) is 12.7. The van der Waals surface area contributed by atoms with Crippen LogP contribution in [0.4, 0.5) is 4.79 Å². The van der Waals surface area contributed by atoms with Crippen LogP contribution < -0.4 is 0 Å². The Hall–Kier alpha value is -0.380. The normalized spacial score (nSPS) is 25.5. The van der Waals surface area contributed by atoms with E-state index in [-0.39, 0.29) is 17.0 Å². The van der Waals surface area contributed by atoms with Gasteiger partial charge in [0.25, 0.3) is 0 Å². The topological polar surface area (TPSA) is 29.5 Å². The average molecular weight is 231 g/mol. The second kappa shape index (κ2) is 3.89. The molecule has 1 atom stereocenters. The molecule has 1 aliphatic heterocycles. The molecule has 0 aromatic carbocycles. The summed E-state index contributed by atoms with van der Waals surface area (Å²) in [7, 11) is 0. The van der Waals surface area contributed by atoms with Crippen molar-refractivity contribution in [3.63, 3.8) is 0 Å². The Morgan fingerprint density at radius 2 is 2.00 bits per heavy atom. The van der Waals surface area contributed by atoms with Crippen LogP contribution in [0.25, 0.3) is 0 Å². The zero-order valence-electron chi connectivity index (χ0n) is 10.5. The summed E-state index contributed by atoms with van der Waals surface area (Å²) in [6.07, 6.45) is -0.204. The average Bonchev–Trinajstić information content (AvgIpc) is 2.21. The van der Waals surface area contributed by atoms with Crippen molar-refractivity contribution in [3.8, 4) is 0 Å². The Balaban J connectivity index is 2.74. The SMILES string of the molecule is C[C@H]1CSC(C)(C)N1C(=O)OC(C)(C)C. The van der Waals surface area contributed by atoms with Gasteiger partial charge in [-0.3, -0.25) is 4.90 Å². The van der Waals surface area contributed by atoms with Crippen molar-refractivity contribution in [1.82, 2.24) is 4.90 Å². The van der Waals surface area contributed by atoms with Gasteiger partial charge in [0.2, 0.25) is 0 Å². The minimum atomic E-state index is -0.417. The molecule has 15 heavy (non-hydrogen) atoms. The van der Waals surface area contributed by atoms with Crippen molar-refractivity contribution in [2.24, 2.45) is 0 Å². The number of hydrogen-bond acceptors (Lipinski definition) is 3. The summed E-state index contributed by atoms with van der Waals surface area (Å²) in [6.45, 7) is 11.9. The second-order valence-corrected chi connectivity index (χ2v) is 7.08. The van der Waals surface area contributed by atoms with Crippen LogP contribution in [-0.4, -0.2) is 33.3 Å². The molecule has 0 aromatic heterocycles. The van der Waals surface area contributed by atoms with Gasteiger partial charge in [-0.15, -0.1) is 11.8 Å². The van der Waals surface area contributed by atoms with Gasteiger partial charge in [-0.2, -0.15) is 0 Å². The molecule has 1 fully saturated rings. The van der Waals surface area contributed by atoms with Crippen molar-refractivity contribution >= 4 is 17.9 Å². The number of carbonyl (C=O) groups excluding carboxylic acids is 1. The van der Waals surface area contributed by atoms with Crippen molar-refractivity contribution in [2.45, 2.75) is 58.1 Å². The van der Waals surface area contributed by atoms with E-state index in [4.69, 9.17) is 4.74 Å². The number of nitrogens with zero attached hydrogens (tertiary/aromatic N) is 1. The highest BCUT2D eigenvalue weighted by Gasteiger charge is 2.43. The number of thioether (sulfide) groups is 1. The highest BCUT2D eigenvalue weighted by atomic mass is 32.2. The Morgan fingerprint density at radius 1 is 1.47 bits per heavy atom. The summed E-state index contributed by atoms with van der Waals surface area (Å²) >= 11 is 1.80. The van der Waals surface area contributed by atoms with Gasteiger partial charge < -0.3 is 4.74 Å². The fourth-order valence-corrected chi connectivity index (χ4v) is 2.90. The highest BCUT2D eigenvalue weighted by molar-refractivity contribution is 8.00. The number of hydrogen-bond donors (Lipinski definition) is 0. The molecule has 0 aromatic rings. The molecule has 0 aliphatic carbocycles. The molecule has 1 heterocycles. The summed E-state index contributed by atoms with van der Waals surface area (Å²) in [5.41, 5.74) is -0.417. The quantitative estimate of drug-likeness (QED) is 0.641. The first-order valence-electron chi connectivity index (χ1n) is 5.30. The molecular formula is C11H21NO2S. The third-order valence-electron chi connectivity index (χ3n) is 2.29. The maximum atomic E-state index is 12.0. The molecule has 1 amide bonds. The van der Waals surface area contributed by atoms with Crippen LogP contribution in [0.5, 0.6) is 0 Å². The molecule has 1 aliphatic rings. The maximum Gasteiger partial charge on any atom is 0.411 e. The molecule has 88 valence electrons. The smallest absolute Gasteiger partial charge is 0.411 e. The zero-order chi connectivity index (χ0) is 11.9. The van der Waals surface area contributed by atoms with Crippen LogP contribution in [0.1, 0.15) is 41.5 Å². The molecule has 0 unspecified atom stereocenters. The fourth-order valence-electron chi connectivity index (χ4n) is 1.71. The van der Waals surface area contributed by atoms with Gasteiger partial charge in [-0.25, -0.2) is 4.79 Å². The third kappa shape index (κ3) is 3.03. The molecule has 0 spiro atoms. The molecule has 0 bridgehead atoms. The first-order valence-corrected chi connectivity index (χ1v) is 6.28. The van der Waals surface area contributed by atoms with E-state index >= 15 is 0 Å². The monoisotopic (exact) mass is 231 g/mol. The van der Waals surface area contributed by atoms with Crippen LogP contribution in [0.15, 0.2) is 0 Å². The van der Waals surface area contributed by atoms with E-state index in [1.807, 2.05) is 25.7 Å². The lowest BCUT2D eigenvalue weighted by Gasteiger charge is -2.34. The Labute approximate surface area is 96.5 Å². The third-order valence-corrected chi connectivity index (χ3v) is 3.84. The largest absolute Gasteiger partial charge is 0.444 e. The lowest BCUT2D eigenvalue weighted by molar-refractivity contribution is 0.0115. The van der Waals surface area contributed by atoms with Gasteiger partial charge in [0.1, 0.15) is 5.60 Å². The van der Waals surface area contributed by atoms with Gasteiger partial charge in [-0.05, 0) is 41.5 Å². The molecule has 4 heteroatoms. The van der Waals surface area contributed by atoms with Crippen LogP contribution in [-0.2, 0) is 4.74 Å². The van der Waals surface area contributed by atoms with E-state index in [9.17, 15) is 4.79 Å². The number of carbonyl (C=O) groups is 1. The van der Waals surface area contributed by atoms with Crippen molar-refractivity contribution in [2.75, 3.05) is 5.75 Å². The molecular weight excluding hydrogens is 210 g/mol. The number of rotatable bonds is 0. The summed E-state index contributed by atoms with van der Waals surface area (Å²) in [4.78, 5) is 13.7. The molecule has 3 nitrogen and oxygen atoms in total. The first-order chi connectivity index (χ1) is 6.63. The lowest BCUT2D eigenvalue weighted by atomic mass is 10.2. The van der Waals surface area contributed by atoms with E-state index in [0.29, 0.717) is 0 Å². The van der Waals surface area contributed by atoms with Crippen LogP contribution in [0.2, 0.25) is 0 Å². The van der Waals surface area contributed by atoms with Crippen LogP contribution >= 0.6 is 11.8 Å². The Morgan fingerprint density at radius 3 is 2.33 bits per heavy atom. The van der Waals surface area contributed by atoms with Crippen LogP contribution in [0.3, 0.4) is 0 Å². The van der Waals surface area contributed by atoms with Crippen molar-refractivity contribution in [3.05, 3.63) is 0 Å². The van der Waals surface area contributed by atoms with Gasteiger partial charge in [0.05, 0.1) is 4.87 Å². The number of amides is 1. The summed E-state index contributed by atoms with van der Waals surface area (Å²) < 4.78 is 5.40. The summed E-state index contributed by atoms with van der Waals surface area (Å²) in [5, 5.41) is 0. The fraction of sp³-hybridized carbons (Fsp3) is 0.909. The predicted octanol–water partition coefficient (Wildman–Crippen LogP) is 3.09. The number of ether oxygens (including phenoxy) is 1. The van der Waals surface area contributed by atoms with E-state index < -0.39 is 5.60 Å². The predicted molar refractivity (Wildman–Crippen MR) is 64.1 cm³/mol. The highest BCUT2D eigenvalue weighted by Crippen LogP contribution is 2.39. The van der Waals surface area contributed by atoms with Crippen LogP contribution in [0, 0.1) is 0 Å². The van der Waals surface area contributed by atoms with Gasteiger partial charge >= 0.3 is 6.09 Å². The Bertz CT molecular complexity index is 258. The molecule has 1 saturated heterocycles. The van der Waals surface area contributed by atoms with E-state index in [1.54, 1.807) is 11.8 Å². The second-order valence-electron chi connectivity index (χ2n) is 5.46. The summed E-state index contributed by atoms with van der Waals surface area (Å²) in [5.74, 6) is 0.978. The zero-order valence-corrected chi connectivity index (χ0v) is 11.3. The minimum absolute atomic E-state index is 0.151. The minimum Gasteiger partial charge on any atom is -0.444 e. The summed E-state index contributed by atoms with van der Waals surface area (Å²) in [6, 6.07) is 0.250. The molecule has 0 saturated carbocycles. The Kier molecular flexibility index (Phi) is 3.29. The molecule has 0 radical (unpaired) electrons. The molecule has 1 rings (SSSR count). The van der Waals surface area contributed by atoms with E-state index in [1.165, 1.54) is 0 Å². The van der Waals surface area contributed by atoms with Gasteiger partial charge in [0.15, 0.2) is 0 Å². The van der Waals surface area contributed by atoms with Gasteiger partial charge in [-0.1, -0.05) is 0 Å². The van der Waals surface area contributed by atoms with E-state index in [0.717, 1.165) is 5.75 Å². The van der Waals surface area contributed by atoms with Crippen molar-refractivity contribution in [1.29, 1.82) is 0 Å². The van der Waals surface area contributed by atoms with E-state index in [2.05, 4.69) is 20.8 Å². The van der Waals surface area contributed by atoms with Gasteiger partial charge in [0, 0.05) is 11.8 Å². The van der Waals surface area contributed by atoms with Crippen molar-refractivity contribution < 1.29 is 9.53 Å². The molecule has 0 N–H and O–H groups in total. The standard InChI is InChI=1S/C11H21NO2S/c1-8-7-15-11(5,6)12(8)9(13)14-10(2,3)4/h8H,7H2,1-6H3/t8-/m0/s1. The maximum absolute atomic E-state index is 12.0.